The molecule has 0 aliphatic heterocycles. The fourth-order valence-corrected chi connectivity index (χ4v) is 1.25. The Morgan fingerprint density at radius 2 is 2.21 bits per heavy atom. The van der Waals surface area contributed by atoms with Crippen LogP contribution in [0.2, 0.25) is 0 Å². The van der Waals surface area contributed by atoms with Crippen molar-refractivity contribution in [1.29, 1.82) is 0 Å². The van der Waals surface area contributed by atoms with E-state index in [4.69, 9.17) is 5.11 Å². The minimum absolute atomic E-state index is 0.232. The molecule has 0 fully saturated rings. The average Bonchev–Trinajstić information content (AvgIpc) is 2.55. The summed E-state index contributed by atoms with van der Waals surface area (Å²) < 4.78 is 1.72. The normalized spacial score (nSPS) is 10.4. The number of rotatable bonds is 6. The number of aromatic nitrogens is 3. The van der Waals surface area contributed by atoms with Crippen LogP contribution in [0.3, 0.4) is 0 Å². The molecule has 14 heavy (non-hydrogen) atoms. The number of nitrogens with zero attached hydrogens (tertiary/aromatic N) is 3. The van der Waals surface area contributed by atoms with Crippen molar-refractivity contribution in [3.63, 3.8) is 0 Å². The van der Waals surface area contributed by atoms with Crippen LogP contribution < -0.4 is 0 Å². The molecule has 1 aromatic heterocycles. The second-order valence-electron chi connectivity index (χ2n) is 3.19. The maximum atomic E-state index is 10.5. The Morgan fingerprint density at radius 1 is 1.43 bits per heavy atom. The van der Waals surface area contributed by atoms with Gasteiger partial charge in [-0.25, -0.2) is 4.68 Å². The molecule has 1 aromatic rings. The van der Waals surface area contributed by atoms with E-state index >= 15 is 0 Å². The molecule has 1 rings (SSSR count). The predicted molar refractivity (Wildman–Crippen MR) is 51.1 cm³/mol. The summed E-state index contributed by atoms with van der Waals surface area (Å²) in [7, 11) is 0. The first-order valence-corrected chi connectivity index (χ1v) is 4.75. The van der Waals surface area contributed by atoms with Gasteiger partial charge < -0.3 is 5.11 Å². The summed E-state index contributed by atoms with van der Waals surface area (Å²) in [5.41, 5.74) is 1.22. The highest BCUT2D eigenvalue weighted by molar-refractivity contribution is 5.72. The van der Waals surface area contributed by atoms with Gasteiger partial charge in [0, 0.05) is 13.2 Å². The number of aryl methyl sites for hydroxylation is 1. The molecule has 0 amide bonds. The Labute approximate surface area is 82.7 Å². The number of hydrogen-bond acceptors (Lipinski definition) is 4. The smallest absolute Gasteiger partial charge is 0.172 e. The van der Waals surface area contributed by atoms with Gasteiger partial charge in [0.2, 0.25) is 0 Å². The summed E-state index contributed by atoms with van der Waals surface area (Å²) in [4.78, 5) is 10.5. The highest BCUT2D eigenvalue weighted by Gasteiger charge is 2.05. The Morgan fingerprint density at radius 3 is 2.79 bits per heavy atom. The van der Waals surface area contributed by atoms with Gasteiger partial charge in [-0.1, -0.05) is 5.21 Å². The number of carbonyl (C=O) groups excluding carboxylic acids is 1. The molecule has 0 radical (unpaired) electrons. The predicted octanol–water partition coefficient (Wildman–Crippen LogP) is 0.562. The van der Waals surface area contributed by atoms with E-state index in [0.29, 0.717) is 12.0 Å². The van der Waals surface area contributed by atoms with Gasteiger partial charge >= 0.3 is 0 Å². The van der Waals surface area contributed by atoms with Crippen molar-refractivity contribution in [3.8, 4) is 0 Å². The lowest BCUT2D eigenvalue weighted by Crippen LogP contribution is -2.03. The first-order chi connectivity index (χ1) is 6.79. The highest BCUT2D eigenvalue weighted by atomic mass is 16.2. The van der Waals surface area contributed by atoms with Gasteiger partial charge in [0.15, 0.2) is 6.29 Å². The van der Waals surface area contributed by atoms with E-state index in [0.717, 1.165) is 31.5 Å². The zero-order valence-electron chi connectivity index (χ0n) is 8.31. The summed E-state index contributed by atoms with van der Waals surface area (Å²) in [6.45, 7) is 2.82. The third-order valence-electron chi connectivity index (χ3n) is 2.16. The number of aldehydes is 1. The van der Waals surface area contributed by atoms with Gasteiger partial charge in [-0.15, -0.1) is 5.10 Å². The maximum Gasteiger partial charge on any atom is 0.172 e. The minimum atomic E-state index is 0.232. The van der Waals surface area contributed by atoms with Crippen LogP contribution >= 0.6 is 0 Å². The molecular weight excluding hydrogens is 182 g/mol. The molecule has 5 nitrogen and oxygen atoms in total. The summed E-state index contributed by atoms with van der Waals surface area (Å²) in [5, 5.41) is 16.2. The van der Waals surface area contributed by atoms with Crippen LogP contribution in [-0.4, -0.2) is 33.0 Å². The van der Waals surface area contributed by atoms with Gasteiger partial charge in [0.25, 0.3) is 0 Å². The van der Waals surface area contributed by atoms with Crippen LogP contribution in [0.15, 0.2) is 0 Å². The van der Waals surface area contributed by atoms with Crippen molar-refractivity contribution in [2.24, 2.45) is 0 Å². The van der Waals surface area contributed by atoms with E-state index in [1.54, 1.807) is 4.68 Å². The fraction of sp³-hybridized carbons (Fsp3) is 0.667. The molecule has 0 spiro atoms. The molecule has 0 atom stereocenters. The molecule has 0 bridgehead atoms. The van der Waals surface area contributed by atoms with Crippen molar-refractivity contribution < 1.29 is 9.90 Å². The molecule has 0 saturated carbocycles. The van der Waals surface area contributed by atoms with E-state index < -0.39 is 0 Å². The summed E-state index contributed by atoms with van der Waals surface area (Å²) in [6, 6.07) is 0. The van der Waals surface area contributed by atoms with E-state index in [2.05, 4.69) is 10.3 Å². The number of aliphatic hydroxyl groups excluding tert-OH is 1. The number of hydrogen-bond donors (Lipinski definition) is 1. The molecule has 0 aromatic carbocycles. The summed E-state index contributed by atoms with van der Waals surface area (Å²) in [6.07, 6.45) is 3.44. The van der Waals surface area contributed by atoms with Crippen molar-refractivity contribution in [1.82, 2.24) is 15.0 Å². The molecule has 0 unspecified atom stereocenters. The van der Waals surface area contributed by atoms with Gasteiger partial charge in [0.1, 0.15) is 5.69 Å². The van der Waals surface area contributed by atoms with E-state index in [1.165, 1.54) is 0 Å². The molecule has 78 valence electrons. The Hall–Kier alpha value is -1.23. The zero-order chi connectivity index (χ0) is 10.4. The maximum absolute atomic E-state index is 10.5. The van der Waals surface area contributed by atoms with Crippen LogP contribution in [0.25, 0.3) is 0 Å². The van der Waals surface area contributed by atoms with E-state index in [-0.39, 0.29) is 6.61 Å². The van der Waals surface area contributed by atoms with Gasteiger partial charge in [-0.3, -0.25) is 4.79 Å². The lowest BCUT2D eigenvalue weighted by molar-refractivity contribution is 0.111. The molecular formula is C9H15N3O2. The molecule has 5 heteroatoms. The molecule has 0 aliphatic carbocycles. The second kappa shape index (κ2) is 5.49. The van der Waals surface area contributed by atoms with Gasteiger partial charge in [0.05, 0.1) is 5.69 Å². The van der Waals surface area contributed by atoms with Crippen LogP contribution in [0, 0.1) is 6.92 Å². The second-order valence-corrected chi connectivity index (χ2v) is 3.19. The lowest BCUT2D eigenvalue weighted by atomic mass is 10.2. The first-order valence-electron chi connectivity index (χ1n) is 4.75. The Balaban J connectivity index is 2.42. The first kappa shape index (κ1) is 10.8. The zero-order valence-corrected chi connectivity index (χ0v) is 8.31. The molecule has 1 N–H and O–H groups in total. The van der Waals surface area contributed by atoms with Crippen molar-refractivity contribution >= 4 is 6.29 Å². The quantitative estimate of drug-likeness (QED) is 0.534. The monoisotopic (exact) mass is 197 g/mol. The van der Waals surface area contributed by atoms with Crippen LogP contribution in [-0.2, 0) is 6.54 Å². The van der Waals surface area contributed by atoms with Crippen LogP contribution in [0.4, 0.5) is 0 Å². The molecule has 0 aliphatic rings. The van der Waals surface area contributed by atoms with E-state index in [9.17, 15) is 4.79 Å². The van der Waals surface area contributed by atoms with Gasteiger partial charge in [-0.05, 0) is 26.2 Å². The standard InChI is InChI=1S/C9H15N3O2/c1-8-9(7-14)10-11-12(8)5-3-2-4-6-13/h7,13H,2-6H2,1H3. The van der Waals surface area contributed by atoms with Crippen molar-refractivity contribution in [2.45, 2.75) is 32.7 Å². The Kier molecular flexibility index (Phi) is 4.25. The van der Waals surface area contributed by atoms with Gasteiger partial charge in [-0.2, -0.15) is 0 Å². The van der Waals surface area contributed by atoms with E-state index in [1.807, 2.05) is 6.92 Å². The number of unbranched alkanes of at least 4 members (excludes halogenated alkanes) is 2. The molecule has 1 heterocycles. The average molecular weight is 197 g/mol. The number of carbonyl (C=O) groups is 1. The fourth-order valence-electron chi connectivity index (χ4n) is 1.25. The molecule has 0 saturated heterocycles. The minimum Gasteiger partial charge on any atom is -0.396 e. The SMILES string of the molecule is Cc1c(C=O)nnn1CCCCCO. The largest absolute Gasteiger partial charge is 0.396 e. The topological polar surface area (TPSA) is 68.0 Å². The third kappa shape index (κ3) is 2.63. The van der Waals surface area contributed by atoms with Crippen molar-refractivity contribution in [3.05, 3.63) is 11.4 Å². The summed E-state index contributed by atoms with van der Waals surface area (Å²) >= 11 is 0. The highest BCUT2D eigenvalue weighted by Crippen LogP contribution is 2.03. The van der Waals surface area contributed by atoms with Crippen LogP contribution in [0.5, 0.6) is 0 Å². The number of aliphatic hydroxyl groups is 1. The third-order valence-corrected chi connectivity index (χ3v) is 2.16. The Bertz CT molecular complexity index is 296. The summed E-state index contributed by atoms with van der Waals surface area (Å²) in [5.74, 6) is 0. The lowest BCUT2D eigenvalue weighted by Gasteiger charge is -2.01. The van der Waals surface area contributed by atoms with Crippen LogP contribution in [0.1, 0.15) is 35.4 Å². The van der Waals surface area contributed by atoms with Crippen molar-refractivity contribution in [2.75, 3.05) is 6.61 Å².